The molecule has 0 N–H and O–H groups in total. The van der Waals surface area contributed by atoms with E-state index in [0.717, 1.165) is 23.9 Å². The summed E-state index contributed by atoms with van der Waals surface area (Å²) in [6.07, 6.45) is 4.56. The Balaban J connectivity index is 1.60. The molecule has 1 aliphatic carbocycles. The van der Waals surface area contributed by atoms with Gasteiger partial charge in [0.15, 0.2) is 0 Å². The molecule has 25 heavy (non-hydrogen) atoms. The molecule has 1 amide bonds. The second kappa shape index (κ2) is 6.59. The Morgan fingerprint density at radius 3 is 2.92 bits per heavy atom. The number of aryl methyl sites for hydroxylation is 1. The molecule has 0 bridgehead atoms. The molecule has 0 spiro atoms. The summed E-state index contributed by atoms with van der Waals surface area (Å²) in [4.78, 5) is 23.7. The molecule has 1 fully saturated rings. The van der Waals surface area contributed by atoms with Crippen LogP contribution in [-0.2, 0) is 17.8 Å². The van der Waals surface area contributed by atoms with Gasteiger partial charge in [-0.1, -0.05) is 6.07 Å². The zero-order chi connectivity index (χ0) is 17.4. The van der Waals surface area contributed by atoms with E-state index in [9.17, 15) is 4.79 Å². The van der Waals surface area contributed by atoms with Gasteiger partial charge in [-0.15, -0.1) is 0 Å². The van der Waals surface area contributed by atoms with Crippen molar-refractivity contribution in [2.24, 2.45) is 5.92 Å². The highest BCUT2D eigenvalue weighted by atomic mass is 16.5. The first-order valence-electron chi connectivity index (χ1n) is 8.91. The second-order valence-electron chi connectivity index (χ2n) is 7.17. The van der Waals surface area contributed by atoms with Gasteiger partial charge in [-0.05, 0) is 37.8 Å². The standard InChI is InChI=1S/C19H24N4O2/c1-13-4-3-5-16(21-13)19(24)22-9-15(11-25-2)18-17(10-22)20-12-23(18)8-14-6-7-14/h3-5,12,14-15H,6-11H2,1-2H3/t15-/m1/s1. The molecule has 0 saturated heterocycles. The highest BCUT2D eigenvalue weighted by molar-refractivity contribution is 5.92. The maximum Gasteiger partial charge on any atom is 0.272 e. The van der Waals surface area contributed by atoms with E-state index in [1.54, 1.807) is 13.2 Å². The lowest BCUT2D eigenvalue weighted by Gasteiger charge is -2.33. The van der Waals surface area contributed by atoms with E-state index < -0.39 is 0 Å². The van der Waals surface area contributed by atoms with Crippen molar-refractivity contribution in [1.82, 2.24) is 19.4 Å². The molecule has 3 heterocycles. The fourth-order valence-corrected chi connectivity index (χ4v) is 3.66. The monoisotopic (exact) mass is 340 g/mol. The van der Waals surface area contributed by atoms with Gasteiger partial charge in [-0.25, -0.2) is 9.97 Å². The number of ether oxygens (including phenoxy) is 1. The molecule has 0 radical (unpaired) electrons. The van der Waals surface area contributed by atoms with Crippen LogP contribution in [0.4, 0.5) is 0 Å². The Bertz CT molecular complexity index is 781. The molecule has 6 heteroatoms. The molecule has 2 aliphatic rings. The number of aromatic nitrogens is 3. The van der Waals surface area contributed by atoms with E-state index in [1.807, 2.05) is 30.3 Å². The smallest absolute Gasteiger partial charge is 0.272 e. The molecule has 1 aliphatic heterocycles. The summed E-state index contributed by atoms with van der Waals surface area (Å²) in [5.41, 5.74) is 3.59. The number of rotatable bonds is 5. The Morgan fingerprint density at radius 1 is 1.36 bits per heavy atom. The fraction of sp³-hybridized carbons (Fsp3) is 0.526. The van der Waals surface area contributed by atoms with Gasteiger partial charge in [0, 0.05) is 37.5 Å². The van der Waals surface area contributed by atoms with Gasteiger partial charge < -0.3 is 14.2 Å². The highest BCUT2D eigenvalue weighted by Gasteiger charge is 2.34. The molecule has 2 aromatic heterocycles. The van der Waals surface area contributed by atoms with Crippen LogP contribution in [0.2, 0.25) is 0 Å². The van der Waals surface area contributed by atoms with E-state index in [4.69, 9.17) is 4.74 Å². The SMILES string of the molecule is COC[C@H]1CN(C(=O)c2cccc(C)n2)Cc2ncn(CC3CC3)c21. The van der Waals surface area contributed by atoms with E-state index in [2.05, 4.69) is 14.5 Å². The average Bonchev–Trinajstić information content (AvgIpc) is 3.33. The first-order chi connectivity index (χ1) is 12.2. The van der Waals surface area contributed by atoms with Gasteiger partial charge in [-0.3, -0.25) is 4.79 Å². The van der Waals surface area contributed by atoms with Gasteiger partial charge in [0.1, 0.15) is 5.69 Å². The van der Waals surface area contributed by atoms with Crippen LogP contribution in [0.25, 0.3) is 0 Å². The van der Waals surface area contributed by atoms with E-state index in [-0.39, 0.29) is 11.8 Å². The van der Waals surface area contributed by atoms with Crippen LogP contribution in [-0.4, -0.2) is 45.6 Å². The van der Waals surface area contributed by atoms with Crippen molar-refractivity contribution < 1.29 is 9.53 Å². The lowest BCUT2D eigenvalue weighted by Crippen LogP contribution is -2.40. The number of hydrogen-bond donors (Lipinski definition) is 0. The molecular weight excluding hydrogens is 316 g/mol. The van der Waals surface area contributed by atoms with Crippen molar-refractivity contribution in [2.75, 3.05) is 20.3 Å². The summed E-state index contributed by atoms with van der Waals surface area (Å²) >= 11 is 0. The Morgan fingerprint density at radius 2 is 2.20 bits per heavy atom. The number of carbonyl (C=O) groups excluding carboxylic acids is 1. The van der Waals surface area contributed by atoms with Crippen molar-refractivity contribution >= 4 is 5.91 Å². The zero-order valence-electron chi connectivity index (χ0n) is 14.8. The average molecular weight is 340 g/mol. The minimum absolute atomic E-state index is 0.0350. The van der Waals surface area contributed by atoms with Crippen molar-refractivity contribution in [2.45, 2.75) is 38.8 Å². The summed E-state index contributed by atoms with van der Waals surface area (Å²) in [7, 11) is 1.71. The Labute approximate surface area is 147 Å². The largest absolute Gasteiger partial charge is 0.384 e. The number of methoxy groups -OCH3 is 1. The number of fused-ring (bicyclic) bond motifs is 1. The van der Waals surface area contributed by atoms with Gasteiger partial charge in [-0.2, -0.15) is 0 Å². The van der Waals surface area contributed by atoms with Gasteiger partial charge >= 0.3 is 0 Å². The lowest BCUT2D eigenvalue weighted by molar-refractivity contribution is 0.0666. The van der Waals surface area contributed by atoms with E-state index in [0.29, 0.717) is 25.4 Å². The minimum Gasteiger partial charge on any atom is -0.384 e. The maximum absolute atomic E-state index is 12.9. The number of hydrogen-bond acceptors (Lipinski definition) is 4. The number of nitrogens with zero attached hydrogens (tertiary/aromatic N) is 4. The molecule has 2 aromatic rings. The fourth-order valence-electron chi connectivity index (χ4n) is 3.66. The molecule has 1 saturated carbocycles. The summed E-state index contributed by atoms with van der Waals surface area (Å²) < 4.78 is 7.72. The number of imidazole rings is 1. The maximum atomic E-state index is 12.9. The number of amides is 1. The number of pyridine rings is 1. The van der Waals surface area contributed by atoms with Crippen LogP contribution in [0.1, 0.15) is 46.3 Å². The summed E-state index contributed by atoms with van der Waals surface area (Å²) in [5.74, 6) is 0.911. The van der Waals surface area contributed by atoms with Crippen LogP contribution in [0.3, 0.4) is 0 Å². The minimum atomic E-state index is -0.0350. The van der Waals surface area contributed by atoms with Gasteiger partial charge in [0.25, 0.3) is 5.91 Å². The Kier molecular flexibility index (Phi) is 4.29. The molecule has 4 rings (SSSR count). The molecule has 132 valence electrons. The van der Waals surface area contributed by atoms with E-state index in [1.165, 1.54) is 18.5 Å². The predicted molar refractivity (Wildman–Crippen MR) is 93.3 cm³/mol. The summed E-state index contributed by atoms with van der Waals surface area (Å²) in [6.45, 7) is 4.72. The van der Waals surface area contributed by atoms with Crippen LogP contribution in [0.15, 0.2) is 24.5 Å². The quantitative estimate of drug-likeness (QED) is 0.838. The first kappa shape index (κ1) is 16.3. The van der Waals surface area contributed by atoms with Crippen molar-refractivity contribution in [3.8, 4) is 0 Å². The summed E-state index contributed by atoms with van der Waals surface area (Å²) in [5, 5.41) is 0. The third kappa shape index (κ3) is 3.31. The van der Waals surface area contributed by atoms with Crippen LogP contribution in [0, 0.1) is 12.8 Å². The second-order valence-corrected chi connectivity index (χ2v) is 7.17. The van der Waals surface area contributed by atoms with Crippen molar-refractivity contribution in [3.05, 3.63) is 47.3 Å². The summed E-state index contributed by atoms with van der Waals surface area (Å²) in [6, 6.07) is 5.56. The van der Waals surface area contributed by atoms with Crippen LogP contribution >= 0.6 is 0 Å². The molecule has 0 unspecified atom stereocenters. The molecule has 6 nitrogen and oxygen atoms in total. The molecule has 1 atom stereocenters. The predicted octanol–water partition coefficient (Wildman–Crippen LogP) is 2.38. The molecule has 0 aromatic carbocycles. The van der Waals surface area contributed by atoms with Crippen LogP contribution < -0.4 is 0 Å². The third-order valence-electron chi connectivity index (χ3n) is 5.04. The van der Waals surface area contributed by atoms with Gasteiger partial charge in [0.2, 0.25) is 0 Å². The van der Waals surface area contributed by atoms with Crippen molar-refractivity contribution in [3.63, 3.8) is 0 Å². The van der Waals surface area contributed by atoms with Crippen LogP contribution in [0.5, 0.6) is 0 Å². The topological polar surface area (TPSA) is 60.2 Å². The number of carbonyl (C=O) groups is 1. The lowest BCUT2D eigenvalue weighted by atomic mass is 9.98. The van der Waals surface area contributed by atoms with Gasteiger partial charge in [0.05, 0.1) is 25.2 Å². The van der Waals surface area contributed by atoms with E-state index >= 15 is 0 Å². The first-order valence-corrected chi connectivity index (χ1v) is 8.91. The molecular formula is C19H24N4O2. The normalized spacial score (nSPS) is 19.8. The Hall–Kier alpha value is -2.21. The third-order valence-corrected chi connectivity index (χ3v) is 5.04. The van der Waals surface area contributed by atoms with Crippen molar-refractivity contribution in [1.29, 1.82) is 0 Å². The highest BCUT2D eigenvalue weighted by Crippen LogP contribution is 2.34. The zero-order valence-corrected chi connectivity index (χ0v) is 14.8.